The summed E-state index contributed by atoms with van der Waals surface area (Å²) in [4.78, 5) is 23.0. The summed E-state index contributed by atoms with van der Waals surface area (Å²) in [6.45, 7) is 8.57. The smallest absolute Gasteiger partial charge is 0.306 e. The highest BCUT2D eigenvalue weighted by atomic mass is 16.5. The van der Waals surface area contributed by atoms with E-state index in [2.05, 4.69) is 6.92 Å². The van der Waals surface area contributed by atoms with Crippen molar-refractivity contribution in [2.45, 2.75) is 85.2 Å². The molecule has 0 N–H and O–H groups in total. The van der Waals surface area contributed by atoms with Crippen LogP contribution in [-0.4, -0.2) is 24.6 Å². The molecule has 0 aliphatic carbocycles. The molecule has 0 aromatic carbocycles. The minimum Gasteiger partial charge on any atom is -0.466 e. The normalized spacial score (nSPS) is 12.2. The third-order valence-corrected chi connectivity index (χ3v) is 3.53. The second-order valence-corrected chi connectivity index (χ2v) is 5.93. The number of esters is 2. The van der Waals surface area contributed by atoms with E-state index < -0.39 is 0 Å². The average molecular weight is 300 g/mol. The molecule has 4 heteroatoms. The van der Waals surface area contributed by atoms with E-state index in [1.54, 1.807) is 0 Å². The van der Waals surface area contributed by atoms with Crippen LogP contribution in [0, 0.1) is 5.92 Å². The molecule has 0 saturated heterocycles. The second kappa shape index (κ2) is 12.7. The third-order valence-electron chi connectivity index (χ3n) is 3.53. The Balaban J connectivity index is 3.50. The largest absolute Gasteiger partial charge is 0.466 e. The Labute approximate surface area is 129 Å². The fraction of sp³-hybridized carbons (Fsp3) is 0.882. The highest BCUT2D eigenvalue weighted by Gasteiger charge is 2.13. The van der Waals surface area contributed by atoms with Crippen molar-refractivity contribution >= 4 is 11.9 Å². The monoisotopic (exact) mass is 300 g/mol. The molecule has 0 bridgehead atoms. The molecule has 0 aromatic rings. The van der Waals surface area contributed by atoms with Crippen LogP contribution in [-0.2, 0) is 19.1 Å². The summed E-state index contributed by atoms with van der Waals surface area (Å²) in [5.41, 5.74) is 0. The molecule has 1 atom stereocenters. The van der Waals surface area contributed by atoms with Crippen LogP contribution in [0.4, 0.5) is 0 Å². The maximum Gasteiger partial charge on any atom is 0.306 e. The fourth-order valence-electron chi connectivity index (χ4n) is 1.74. The molecule has 4 nitrogen and oxygen atoms in total. The first-order valence-electron chi connectivity index (χ1n) is 8.32. The topological polar surface area (TPSA) is 52.6 Å². The van der Waals surface area contributed by atoms with E-state index in [9.17, 15) is 9.59 Å². The summed E-state index contributed by atoms with van der Waals surface area (Å²) < 4.78 is 10.4. The molecule has 0 amide bonds. The maximum atomic E-state index is 11.5. The molecule has 0 aliphatic heterocycles. The van der Waals surface area contributed by atoms with E-state index in [1.807, 2.05) is 20.8 Å². The average Bonchev–Trinajstić information content (AvgIpc) is 2.42. The van der Waals surface area contributed by atoms with E-state index >= 15 is 0 Å². The van der Waals surface area contributed by atoms with E-state index in [0.29, 0.717) is 25.4 Å². The molecule has 0 heterocycles. The number of ether oxygens (including phenoxy) is 2. The molecular weight excluding hydrogens is 268 g/mol. The van der Waals surface area contributed by atoms with Gasteiger partial charge < -0.3 is 9.47 Å². The molecule has 0 radical (unpaired) electrons. The van der Waals surface area contributed by atoms with E-state index in [4.69, 9.17) is 9.47 Å². The zero-order valence-corrected chi connectivity index (χ0v) is 14.2. The predicted octanol–water partition coefficient (Wildman–Crippen LogP) is 4.26. The van der Waals surface area contributed by atoms with Crippen molar-refractivity contribution in [2.75, 3.05) is 6.61 Å². The Hall–Kier alpha value is -1.06. The first kappa shape index (κ1) is 19.9. The molecule has 0 aliphatic rings. The third kappa shape index (κ3) is 12.4. The van der Waals surface area contributed by atoms with Gasteiger partial charge in [0.25, 0.3) is 0 Å². The van der Waals surface area contributed by atoms with Crippen LogP contribution in [0.25, 0.3) is 0 Å². The van der Waals surface area contributed by atoms with E-state index in [1.165, 1.54) is 19.3 Å². The predicted molar refractivity (Wildman–Crippen MR) is 84.0 cm³/mol. The van der Waals surface area contributed by atoms with Gasteiger partial charge in [-0.1, -0.05) is 46.5 Å². The summed E-state index contributed by atoms with van der Waals surface area (Å²) in [5, 5.41) is 0. The SMILES string of the molecule is CCCCCCCOC(=O)CCCC(=O)OC(C)C(C)C. The highest BCUT2D eigenvalue weighted by Crippen LogP contribution is 2.08. The number of unbranched alkanes of at least 4 members (excludes halogenated alkanes) is 4. The quantitative estimate of drug-likeness (QED) is 0.399. The Morgan fingerprint density at radius 2 is 1.48 bits per heavy atom. The maximum absolute atomic E-state index is 11.5. The summed E-state index contributed by atoms with van der Waals surface area (Å²) in [6.07, 6.45) is 6.69. The van der Waals surface area contributed by atoms with Gasteiger partial charge in [-0.2, -0.15) is 0 Å². The summed E-state index contributed by atoms with van der Waals surface area (Å²) in [7, 11) is 0. The standard InChI is InChI=1S/C17H32O4/c1-5-6-7-8-9-13-20-16(18)11-10-12-17(19)21-15(4)14(2)3/h14-15H,5-13H2,1-4H3. The van der Waals surface area contributed by atoms with Crippen molar-refractivity contribution in [3.63, 3.8) is 0 Å². The van der Waals surface area contributed by atoms with Gasteiger partial charge in [0, 0.05) is 12.8 Å². The Kier molecular flexibility index (Phi) is 12.0. The molecule has 0 fully saturated rings. The molecule has 0 spiro atoms. The lowest BCUT2D eigenvalue weighted by Gasteiger charge is -2.16. The van der Waals surface area contributed by atoms with E-state index in [0.717, 1.165) is 12.8 Å². The van der Waals surface area contributed by atoms with Gasteiger partial charge in [0.2, 0.25) is 0 Å². The van der Waals surface area contributed by atoms with Crippen molar-refractivity contribution in [3.05, 3.63) is 0 Å². The second-order valence-electron chi connectivity index (χ2n) is 5.93. The number of hydrogen-bond acceptors (Lipinski definition) is 4. The fourth-order valence-corrected chi connectivity index (χ4v) is 1.74. The zero-order chi connectivity index (χ0) is 16.1. The van der Waals surface area contributed by atoms with Gasteiger partial charge in [-0.3, -0.25) is 9.59 Å². The van der Waals surface area contributed by atoms with Gasteiger partial charge in [-0.05, 0) is 25.7 Å². The Bertz CT molecular complexity index is 287. The van der Waals surface area contributed by atoms with Gasteiger partial charge in [0.05, 0.1) is 6.61 Å². The summed E-state index contributed by atoms with van der Waals surface area (Å²) >= 11 is 0. The Morgan fingerprint density at radius 3 is 2.10 bits per heavy atom. The van der Waals surface area contributed by atoms with Gasteiger partial charge >= 0.3 is 11.9 Å². The van der Waals surface area contributed by atoms with Crippen LogP contribution in [0.3, 0.4) is 0 Å². The minimum absolute atomic E-state index is 0.0763. The number of carbonyl (C=O) groups is 2. The van der Waals surface area contributed by atoms with Crippen LogP contribution < -0.4 is 0 Å². The molecule has 124 valence electrons. The highest BCUT2D eigenvalue weighted by molar-refractivity contribution is 5.72. The number of carbonyl (C=O) groups excluding carboxylic acids is 2. The van der Waals surface area contributed by atoms with E-state index in [-0.39, 0.29) is 24.5 Å². The Morgan fingerprint density at radius 1 is 0.857 bits per heavy atom. The molecule has 0 aromatic heterocycles. The molecule has 0 saturated carbocycles. The summed E-state index contributed by atoms with van der Waals surface area (Å²) in [6, 6.07) is 0. The van der Waals surface area contributed by atoms with Gasteiger partial charge in [0.15, 0.2) is 0 Å². The summed E-state index contributed by atoms with van der Waals surface area (Å²) in [5.74, 6) is -0.134. The van der Waals surface area contributed by atoms with Crippen LogP contribution in [0.15, 0.2) is 0 Å². The van der Waals surface area contributed by atoms with Gasteiger partial charge in [-0.25, -0.2) is 0 Å². The first-order chi connectivity index (χ1) is 9.97. The molecule has 1 unspecified atom stereocenters. The number of rotatable bonds is 12. The first-order valence-corrected chi connectivity index (χ1v) is 8.32. The lowest BCUT2D eigenvalue weighted by molar-refractivity contribution is -0.150. The van der Waals surface area contributed by atoms with Crippen molar-refractivity contribution in [1.29, 1.82) is 0 Å². The van der Waals surface area contributed by atoms with Gasteiger partial charge in [-0.15, -0.1) is 0 Å². The minimum atomic E-state index is -0.233. The van der Waals surface area contributed by atoms with Gasteiger partial charge in [0.1, 0.15) is 6.10 Å². The number of hydrogen-bond donors (Lipinski definition) is 0. The molecule has 21 heavy (non-hydrogen) atoms. The van der Waals surface area contributed by atoms with Crippen molar-refractivity contribution in [3.8, 4) is 0 Å². The van der Waals surface area contributed by atoms with Crippen LogP contribution in [0.2, 0.25) is 0 Å². The molecule has 0 rings (SSSR count). The van der Waals surface area contributed by atoms with Crippen LogP contribution >= 0.6 is 0 Å². The van der Waals surface area contributed by atoms with Crippen LogP contribution in [0.5, 0.6) is 0 Å². The van der Waals surface area contributed by atoms with Crippen LogP contribution in [0.1, 0.15) is 79.1 Å². The lowest BCUT2D eigenvalue weighted by atomic mass is 10.1. The zero-order valence-electron chi connectivity index (χ0n) is 14.2. The van der Waals surface area contributed by atoms with Crippen molar-refractivity contribution < 1.29 is 19.1 Å². The van der Waals surface area contributed by atoms with Crippen molar-refractivity contribution in [2.24, 2.45) is 5.92 Å². The molecular formula is C17H32O4. The van der Waals surface area contributed by atoms with Crippen molar-refractivity contribution in [1.82, 2.24) is 0 Å². The lowest BCUT2D eigenvalue weighted by Crippen LogP contribution is -2.20.